The van der Waals surface area contributed by atoms with Crippen LogP contribution < -0.4 is 9.47 Å². The second kappa shape index (κ2) is 7.76. The molecule has 1 aromatic carbocycles. The van der Waals surface area contributed by atoms with Gasteiger partial charge in [-0.2, -0.15) is 0 Å². The predicted octanol–water partition coefficient (Wildman–Crippen LogP) is 4.39. The summed E-state index contributed by atoms with van der Waals surface area (Å²) in [6.07, 6.45) is -0.726. The maximum atomic E-state index is 12.4. The van der Waals surface area contributed by atoms with Crippen molar-refractivity contribution in [2.24, 2.45) is 0 Å². The standard InChI is InChI=1S/C17H15ClN2O5S/c1-9(15-19-20-16(25-15)13-5-4-6-26-13)24-17(21)10-7-11(18)14(23-3)12(8-10)22-2/h4-9H,1-3H3/t9-/m1/s1. The van der Waals surface area contributed by atoms with Crippen molar-refractivity contribution in [2.75, 3.05) is 14.2 Å². The van der Waals surface area contributed by atoms with Crippen LogP contribution in [0.15, 0.2) is 34.1 Å². The van der Waals surface area contributed by atoms with E-state index in [0.717, 1.165) is 4.88 Å². The smallest absolute Gasteiger partial charge is 0.339 e. The van der Waals surface area contributed by atoms with Gasteiger partial charge in [-0.1, -0.05) is 17.7 Å². The van der Waals surface area contributed by atoms with Gasteiger partial charge in [0, 0.05) is 0 Å². The highest BCUT2D eigenvalue weighted by Gasteiger charge is 2.22. The molecule has 3 aromatic rings. The fraction of sp³-hybridized carbons (Fsp3) is 0.235. The summed E-state index contributed by atoms with van der Waals surface area (Å²) in [5.74, 6) is 0.658. The summed E-state index contributed by atoms with van der Waals surface area (Å²) in [7, 11) is 2.92. The Morgan fingerprint density at radius 1 is 1.27 bits per heavy atom. The van der Waals surface area contributed by atoms with Gasteiger partial charge in [0.25, 0.3) is 11.8 Å². The molecule has 26 heavy (non-hydrogen) atoms. The Bertz CT molecular complexity index is 910. The molecule has 0 aliphatic rings. The number of esters is 1. The number of hydrogen-bond acceptors (Lipinski definition) is 8. The van der Waals surface area contributed by atoms with Gasteiger partial charge in [-0.15, -0.1) is 21.5 Å². The first kappa shape index (κ1) is 18.2. The van der Waals surface area contributed by atoms with Crippen LogP contribution in [-0.4, -0.2) is 30.4 Å². The largest absolute Gasteiger partial charge is 0.493 e. The summed E-state index contributed by atoms with van der Waals surface area (Å²) in [5.41, 5.74) is 0.220. The molecule has 2 aromatic heterocycles. The molecular weight excluding hydrogens is 380 g/mol. The number of carbonyl (C=O) groups is 1. The highest BCUT2D eigenvalue weighted by atomic mass is 35.5. The molecule has 0 saturated heterocycles. The van der Waals surface area contributed by atoms with Crippen LogP contribution in [0.3, 0.4) is 0 Å². The molecule has 0 amide bonds. The topological polar surface area (TPSA) is 83.7 Å². The van der Waals surface area contributed by atoms with Crippen LogP contribution in [0.1, 0.15) is 29.3 Å². The Labute approximate surface area is 158 Å². The summed E-state index contributed by atoms with van der Waals surface area (Å²) >= 11 is 7.60. The van der Waals surface area contributed by atoms with Gasteiger partial charge in [-0.25, -0.2) is 4.79 Å². The van der Waals surface area contributed by atoms with Crippen molar-refractivity contribution in [3.05, 3.63) is 46.1 Å². The Morgan fingerprint density at radius 2 is 2.08 bits per heavy atom. The van der Waals surface area contributed by atoms with Crippen LogP contribution >= 0.6 is 22.9 Å². The third-order valence-corrected chi connectivity index (χ3v) is 4.61. The zero-order valence-corrected chi connectivity index (χ0v) is 15.8. The molecule has 0 N–H and O–H groups in total. The van der Waals surface area contributed by atoms with E-state index in [0.29, 0.717) is 17.4 Å². The van der Waals surface area contributed by atoms with Gasteiger partial charge in [-0.3, -0.25) is 0 Å². The molecule has 3 rings (SSSR count). The predicted molar refractivity (Wildman–Crippen MR) is 96.0 cm³/mol. The Hall–Kier alpha value is -2.58. The number of benzene rings is 1. The molecule has 136 valence electrons. The summed E-state index contributed by atoms with van der Waals surface area (Å²) in [6.45, 7) is 1.64. The summed E-state index contributed by atoms with van der Waals surface area (Å²) in [5, 5.41) is 10.1. The van der Waals surface area contributed by atoms with Gasteiger partial charge in [0.1, 0.15) is 0 Å². The van der Waals surface area contributed by atoms with E-state index in [-0.39, 0.29) is 16.5 Å². The molecule has 0 saturated carbocycles. The normalized spacial score (nSPS) is 11.8. The number of hydrogen-bond donors (Lipinski definition) is 0. The lowest BCUT2D eigenvalue weighted by molar-refractivity contribution is 0.0279. The van der Waals surface area contributed by atoms with Gasteiger partial charge in [0.15, 0.2) is 17.6 Å². The number of aromatic nitrogens is 2. The molecule has 0 fully saturated rings. The van der Waals surface area contributed by atoms with E-state index in [9.17, 15) is 4.79 Å². The van der Waals surface area contributed by atoms with Crippen molar-refractivity contribution >= 4 is 28.9 Å². The number of rotatable bonds is 6. The first-order valence-electron chi connectivity index (χ1n) is 7.53. The minimum atomic E-state index is -0.726. The molecule has 0 radical (unpaired) electrons. The minimum absolute atomic E-state index is 0.202. The molecule has 9 heteroatoms. The lowest BCUT2D eigenvalue weighted by Gasteiger charge is -2.13. The van der Waals surface area contributed by atoms with Gasteiger partial charge < -0.3 is 18.6 Å². The van der Waals surface area contributed by atoms with Gasteiger partial charge in [-0.05, 0) is 30.5 Å². The fourth-order valence-corrected chi connectivity index (χ4v) is 3.15. The Balaban J connectivity index is 1.76. The Kier molecular flexibility index (Phi) is 5.43. The Morgan fingerprint density at radius 3 is 2.73 bits per heavy atom. The quantitative estimate of drug-likeness (QED) is 0.573. The van der Waals surface area contributed by atoms with Crippen molar-refractivity contribution in [1.29, 1.82) is 0 Å². The van der Waals surface area contributed by atoms with Gasteiger partial charge in [0.05, 0.1) is 29.7 Å². The third-order valence-electron chi connectivity index (χ3n) is 3.47. The zero-order valence-electron chi connectivity index (χ0n) is 14.2. The molecule has 2 heterocycles. The van der Waals surface area contributed by atoms with Crippen LogP contribution in [0.25, 0.3) is 10.8 Å². The van der Waals surface area contributed by atoms with Crippen LogP contribution in [0, 0.1) is 0 Å². The van der Waals surface area contributed by atoms with E-state index in [1.54, 1.807) is 6.92 Å². The van der Waals surface area contributed by atoms with Crippen molar-refractivity contribution in [3.63, 3.8) is 0 Å². The van der Waals surface area contributed by atoms with Crippen molar-refractivity contribution in [2.45, 2.75) is 13.0 Å². The molecular formula is C17H15ClN2O5S. The summed E-state index contributed by atoms with van der Waals surface area (Å²) in [4.78, 5) is 13.3. The van der Waals surface area contributed by atoms with Gasteiger partial charge in [0.2, 0.25) is 0 Å². The third kappa shape index (κ3) is 3.66. The highest BCUT2D eigenvalue weighted by molar-refractivity contribution is 7.13. The SMILES string of the molecule is COc1cc(C(=O)O[C@H](C)c2nnc(-c3cccs3)o2)cc(Cl)c1OC. The van der Waals surface area contributed by atoms with Crippen LogP contribution in [0.4, 0.5) is 0 Å². The number of ether oxygens (including phenoxy) is 3. The summed E-state index contributed by atoms with van der Waals surface area (Å²) < 4.78 is 21.3. The lowest BCUT2D eigenvalue weighted by Crippen LogP contribution is -2.10. The molecule has 0 bridgehead atoms. The van der Waals surface area contributed by atoms with Crippen LogP contribution in [0.2, 0.25) is 5.02 Å². The zero-order chi connectivity index (χ0) is 18.7. The van der Waals surface area contributed by atoms with E-state index in [4.69, 9.17) is 30.2 Å². The van der Waals surface area contributed by atoms with Crippen molar-refractivity contribution in [1.82, 2.24) is 10.2 Å². The van der Waals surface area contributed by atoms with Gasteiger partial charge >= 0.3 is 5.97 Å². The maximum absolute atomic E-state index is 12.4. The van der Waals surface area contributed by atoms with Crippen LogP contribution in [0.5, 0.6) is 11.5 Å². The second-order valence-electron chi connectivity index (χ2n) is 5.16. The number of carbonyl (C=O) groups excluding carboxylic acids is 1. The molecule has 0 spiro atoms. The van der Waals surface area contributed by atoms with Crippen molar-refractivity contribution < 1.29 is 23.4 Å². The van der Waals surface area contributed by atoms with Crippen molar-refractivity contribution in [3.8, 4) is 22.3 Å². The number of thiophene rings is 1. The first-order valence-corrected chi connectivity index (χ1v) is 8.79. The summed E-state index contributed by atoms with van der Waals surface area (Å²) in [6, 6.07) is 6.69. The van der Waals surface area contributed by atoms with Crippen LogP contribution in [-0.2, 0) is 4.74 Å². The average Bonchev–Trinajstić information content (AvgIpc) is 3.31. The molecule has 0 unspecified atom stereocenters. The molecule has 7 nitrogen and oxygen atoms in total. The fourth-order valence-electron chi connectivity index (χ4n) is 2.21. The molecule has 1 atom stereocenters. The van der Waals surface area contributed by atoms with E-state index in [2.05, 4.69) is 10.2 Å². The molecule has 0 aliphatic carbocycles. The minimum Gasteiger partial charge on any atom is -0.493 e. The molecule has 0 aliphatic heterocycles. The number of methoxy groups -OCH3 is 2. The van der Waals surface area contributed by atoms with E-state index >= 15 is 0 Å². The number of nitrogens with zero attached hydrogens (tertiary/aromatic N) is 2. The lowest BCUT2D eigenvalue weighted by atomic mass is 10.2. The number of halogens is 1. The van der Waals surface area contributed by atoms with E-state index in [1.165, 1.54) is 37.7 Å². The first-order chi connectivity index (χ1) is 12.5. The monoisotopic (exact) mass is 394 g/mol. The van der Waals surface area contributed by atoms with E-state index in [1.807, 2.05) is 17.5 Å². The highest BCUT2D eigenvalue weighted by Crippen LogP contribution is 2.36. The average molecular weight is 395 g/mol. The van der Waals surface area contributed by atoms with E-state index < -0.39 is 12.1 Å². The maximum Gasteiger partial charge on any atom is 0.339 e. The second-order valence-corrected chi connectivity index (χ2v) is 6.52.